The lowest BCUT2D eigenvalue weighted by atomic mass is 10.2. The molecule has 2 nitrogen and oxygen atoms in total. The van der Waals surface area contributed by atoms with E-state index in [1.54, 1.807) is 26.8 Å². The third-order valence-electron chi connectivity index (χ3n) is 2.18. The summed E-state index contributed by atoms with van der Waals surface area (Å²) in [5.41, 5.74) is 1.08. The van der Waals surface area contributed by atoms with Gasteiger partial charge in [-0.3, -0.25) is 0 Å². The standard InChI is InChI=1S/C11H15IO2S/c1-8-5-6-10(9(12)7-8)15(13,14)11(2,3)4/h5-7H,1-4H3. The van der Waals surface area contributed by atoms with Crippen LogP contribution in [-0.4, -0.2) is 13.2 Å². The fraction of sp³-hybridized carbons (Fsp3) is 0.455. The molecule has 0 unspecified atom stereocenters. The summed E-state index contributed by atoms with van der Waals surface area (Å²) in [6.07, 6.45) is 0. The Morgan fingerprint density at radius 2 is 1.73 bits per heavy atom. The quantitative estimate of drug-likeness (QED) is 0.737. The number of halogens is 1. The Morgan fingerprint density at radius 3 is 2.13 bits per heavy atom. The maximum absolute atomic E-state index is 12.2. The first-order valence-corrected chi connectivity index (χ1v) is 7.23. The second kappa shape index (κ2) is 4.05. The Kier molecular flexibility index (Phi) is 3.50. The highest BCUT2D eigenvalue weighted by molar-refractivity contribution is 14.1. The lowest BCUT2D eigenvalue weighted by molar-refractivity contribution is 0.559. The van der Waals surface area contributed by atoms with Gasteiger partial charge in [-0.05, 0) is 68.0 Å². The topological polar surface area (TPSA) is 34.1 Å². The maximum Gasteiger partial charge on any atom is 0.184 e. The number of benzene rings is 1. The van der Waals surface area contributed by atoms with Crippen molar-refractivity contribution in [3.63, 3.8) is 0 Å². The lowest BCUT2D eigenvalue weighted by Gasteiger charge is -2.20. The molecule has 84 valence electrons. The minimum Gasteiger partial charge on any atom is -0.223 e. The predicted octanol–water partition coefficient (Wildman–Crippen LogP) is 3.17. The van der Waals surface area contributed by atoms with Crippen LogP contribution in [0.3, 0.4) is 0 Å². The van der Waals surface area contributed by atoms with Gasteiger partial charge in [-0.15, -0.1) is 0 Å². The van der Waals surface area contributed by atoms with Crippen LogP contribution in [0, 0.1) is 10.5 Å². The van der Waals surface area contributed by atoms with E-state index >= 15 is 0 Å². The van der Waals surface area contributed by atoms with Gasteiger partial charge in [0.25, 0.3) is 0 Å². The summed E-state index contributed by atoms with van der Waals surface area (Å²) >= 11 is 2.07. The molecule has 0 heterocycles. The molecule has 0 aliphatic rings. The molecular weight excluding hydrogens is 323 g/mol. The molecule has 0 saturated carbocycles. The summed E-state index contributed by atoms with van der Waals surface area (Å²) in [4.78, 5) is 0.432. The molecule has 0 saturated heterocycles. The predicted molar refractivity (Wildman–Crippen MR) is 70.8 cm³/mol. The molecule has 0 radical (unpaired) electrons. The van der Waals surface area contributed by atoms with E-state index in [1.807, 2.05) is 19.1 Å². The van der Waals surface area contributed by atoms with Crippen LogP contribution in [0.15, 0.2) is 23.1 Å². The van der Waals surface area contributed by atoms with Crippen molar-refractivity contribution in [1.29, 1.82) is 0 Å². The van der Waals surface area contributed by atoms with Crippen molar-refractivity contribution in [2.75, 3.05) is 0 Å². The number of hydrogen-bond donors (Lipinski definition) is 0. The Morgan fingerprint density at radius 1 is 1.20 bits per heavy atom. The second-order valence-corrected chi connectivity index (χ2v) is 8.38. The van der Waals surface area contributed by atoms with Gasteiger partial charge in [0.05, 0.1) is 9.64 Å². The minimum atomic E-state index is -3.23. The highest BCUT2D eigenvalue weighted by Crippen LogP contribution is 2.28. The first-order valence-electron chi connectivity index (χ1n) is 4.67. The summed E-state index contributed by atoms with van der Waals surface area (Å²) in [7, 11) is -3.23. The van der Waals surface area contributed by atoms with Gasteiger partial charge in [0.1, 0.15) is 0 Å². The SMILES string of the molecule is Cc1ccc(S(=O)(=O)C(C)(C)C)c(I)c1. The molecule has 0 N–H and O–H groups in total. The molecule has 0 bridgehead atoms. The van der Waals surface area contributed by atoms with Crippen LogP contribution < -0.4 is 0 Å². The van der Waals surface area contributed by atoms with Crippen LogP contribution in [0.2, 0.25) is 0 Å². The smallest absolute Gasteiger partial charge is 0.184 e. The van der Waals surface area contributed by atoms with Crippen LogP contribution in [0.4, 0.5) is 0 Å². The lowest BCUT2D eigenvalue weighted by Crippen LogP contribution is -2.28. The fourth-order valence-corrected chi connectivity index (χ4v) is 3.92. The van der Waals surface area contributed by atoms with Crippen molar-refractivity contribution in [3.05, 3.63) is 27.3 Å². The van der Waals surface area contributed by atoms with Crippen LogP contribution >= 0.6 is 22.6 Å². The summed E-state index contributed by atoms with van der Waals surface area (Å²) in [6, 6.07) is 5.41. The van der Waals surface area contributed by atoms with E-state index in [0.29, 0.717) is 4.90 Å². The van der Waals surface area contributed by atoms with Gasteiger partial charge in [-0.25, -0.2) is 8.42 Å². The van der Waals surface area contributed by atoms with Gasteiger partial charge in [-0.1, -0.05) is 6.07 Å². The van der Waals surface area contributed by atoms with Crippen molar-refractivity contribution >= 4 is 32.4 Å². The second-order valence-electron chi connectivity index (χ2n) is 4.55. The summed E-state index contributed by atoms with van der Waals surface area (Å²) in [5.74, 6) is 0. The number of rotatable bonds is 1. The van der Waals surface area contributed by atoms with Crippen molar-refractivity contribution < 1.29 is 8.42 Å². The molecule has 4 heteroatoms. The number of sulfone groups is 1. The maximum atomic E-state index is 12.2. The summed E-state index contributed by atoms with van der Waals surface area (Å²) in [6.45, 7) is 7.12. The van der Waals surface area contributed by atoms with Crippen LogP contribution in [0.1, 0.15) is 26.3 Å². The number of aryl methyl sites for hydroxylation is 1. The van der Waals surface area contributed by atoms with Crippen LogP contribution in [0.25, 0.3) is 0 Å². The fourth-order valence-electron chi connectivity index (χ4n) is 1.15. The minimum absolute atomic E-state index is 0.432. The van der Waals surface area contributed by atoms with Gasteiger partial charge < -0.3 is 0 Å². The normalized spacial score (nSPS) is 12.9. The van der Waals surface area contributed by atoms with Crippen molar-refractivity contribution in [1.82, 2.24) is 0 Å². The Labute approximate surface area is 105 Å². The van der Waals surface area contributed by atoms with E-state index in [1.165, 1.54) is 0 Å². The first kappa shape index (κ1) is 13.0. The third-order valence-corrected chi connectivity index (χ3v) is 5.99. The Balaban J connectivity index is 3.42. The van der Waals surface area contributed by atoms with Crippen molar-refractivity contribution in [2.24, 2.45) is 0 Å². The van der Waals surface area contributed by atoms with Gasteiger partial charge >= 0.3 is 0 Å². The zero-order valence-electron chi connectivity index (χ0n) is 9.33. The van der Waals surface area contributed by atoms with Crippen molar-refractivity contribution in [3.8, 4) is 0 Å². The molecule has 0 aliphatic heterocycles. The molecule has 0 fully saturated rings. The molecule has 1 aromatic rings. The summed E-state index contributed by atoms with van der Waals surface area (Å²) in [5, 5.41) is 0. The molecule has 0 amide bonds. The molecule has 0 aliphatic carbocycles. The highest BCUT2D eigenvalue weighted by Gasteiger charge is 2.32. The zero-order valence-corrected chi connectivity index (χ0v) is 12.3. The third kappa shape index (κ3) is 2.53. The first-order chi connectivity index (χ1) is 6.66. The van der Waals surface area contributed by atoms with E-state index in [9.17, 15) is 8.42 Å². The van der Waals surface area contributed by atoms with Gasteiger partial charge in [0.2, 0.25) is 0 Å². The molecule has 1 rings (SSSR count). The monoisotopic (exact) mass is 338 g/mol. The van der Waals surface area contributed by atoms with Crippen molar-refractivity contribution in [2.45, 2.75) is 37.3 Å². The van der Waals surface area contributed by atoms with Gasteiger partial charge in [-0.2, -0.15) is 0 Å². The molecular formula is C11H15IO2S. The molecule has 1 aromatic carbocycles. The van der Waals surface area contributed by atoms with E-state index in [2.05, 4.69) is 22.6 Å². The zero-order chi connectivity index (χ0) is 11.9. The highest BCUT2D eigenvalue weighted by atomic mass is 127. The largest absolute Gasteiger partial charge is 0.223 e. The van der Waals surface area contributed by atoms with Gasteiger partial charge in [0.15, 0.2) is 9.84 Å². The molecule has 0 spiro atoms. The molecule has 15 heavy (non-hydrogen) atoms. The Bertz CT molecular complexity index is 470. The number of hydrogen-bond acceptors (Lipinski definition) is 2. The van der Waals surface area contributed by atoms with E-state index in [-0.39, 0.29) is 0 Å². The van der Waals surface area contributed by atoms with Crippen LogP contribution in [0.5, 0.6) is 0 Å². The van der Waals surface area contributed by atoms with E-state index < -0.39 is 14.6 Å². The van der Waals surface area contributed by atoms with E-state index in [4.69, 9.17) is 0 Å². The average Bonchev–Trinajstić information content (AvgIpc) is 2.00. The average molecular weight is 338 g/mol. The van der Waals surface area contributed by atoms with Crippen LogP contribution in [-0.2, 0) is 9.84 Å². The Hall–Kier alpha value is -0.100. The van der Waals surface area contributed by atoms with Gasteiger partial charge in [0, 0.05) is 3.57 Å². The van der Waals surface area contributed by atoms with E-state index in [0.717, 1.165) is 9.13 Å². The molecule has 0 atom stereocenters. The molecule has 0 aromatic heterocycles. The summed E-state index contributed by atoms with van der Waals surface area (Å²) < 4.78 is 24.4.